The highest BCUT2D eigenvalue weighted by molar-refractivity contribution is 5.78. The van der Waals surface area contributed by atoms with Crippen molar-refractivity contribution in [1.29, 1.82) is 0 Å². The van der Waals surface area contributed by atoms with E-state index in [4.69, 9.17) is 4.98 Å². The number of anilines is 1. The topological polar surface area (TPSA) is 85.1 Å². The third-order valence-corrected chi connectivity index (χ3v) is 7.05. The van der Waals surface area contributed by atoms with E-state index >= 15 is 0 Å². The van der Waals surface area contributed by atoms with Crippen molar-refractivity contribution < 1.29 is 9.18 Å². The van der Waals surface area contributed by atoms with Crippen molar-refractivity contribution in [2.75, 3.05) is 11.9 Å². The number of carbonyl (C=O) groups is 1. The van der Waals surface area contributed by atoms with Crippen LogP contribution in [0.15, 0.2) is 47.5 Å². The maximum Gasteiger partial charge on any atom is 0.333 e. The van der Waals surface area contributed by atoms with Crippen LogP contribution in [0.4, 0.5) is 10.3 Å². The van der Waals surface area contributed by atoms with Crippen LogP contribution in [0.3, 0.4) is 0 Å². The van der Waals surface area contributed by atoms with Crippen molar-refractivity contribution in [1.82, 2.24) is 24.0 Å². The molecule has 3 heterocycles. The lowest BCUT2D eigenvalue weighted by atomic mass is 9.90. The Balaban J connectivity index is 1.37. The average Bonchev–Trinajstić information content (AvgIpc) is 3.43. The van der Waals surface area contributed by atoms with Gasteiger partial charge in [0.2, 0.25) is 11.9 Å². The molecule has 0 atom stereocenters. The summed E-state index contributed by atoms with van der Waals surface area (Å²) < 4.78 is 16.7. The number of nitrogens with zero attached hydrogens (tertiary/aromatic N) is 5. The third-order valence-electron chi connectivity index (χ3n) is 7.05. The van der Waals surface area contributed by atoms with Crippen LogP contribution in [-0.2, 0) is 4.79 Å². The second-order valence-electron chi connectivity index (χ2n) is 9.72. The molecule has 3 aromatic rings. The number of hydrogen-bond donors (Lipinski definition) is 1. The highest BCUT2D eigenvalue weighted by Gasteiger charge is 2.31. The van der Waals surface area contributed by atoms with E-state index in [1.807, 2.05) is 13.8 Å². The van der Waals surface area contributed by atoms with Crippen molar-refractivity contribution >= 4 is 11.9 Å². The number of nitrogens with one attached hydrogen (secondary N) is 1. The van der Waals surface area contributed by atoms with E-state index in [2.05, 4.69) is 15.2 Å². The van der Waals surface area contributed by atoms with Gasteiger partial charge in [0.1, 0.15) is 5.82 Å². The van der Waals surface area contributed by atoms with Crippen molar-refractivity contribution in [3.63, 3.8) is 0 Å². The van der Waals surface area contributed by atoms with Crippen molar-refractivity contribution in [2.24, 2.45) is 0 Å². The van der Waals surface area contributed by atoms with E-state index in [9.17, 15) is 14.0 Å². The lowest BCUT2D eigenvalue weighted by Crippen LogP contribution is -2.41. The minimum absolute atomic E-state index is 0.0416. The highest BCUT2D eigenvalue weighted by atomic mass is 19.1. The molecule has 1 aliphatic carbocycles. The van der Waals surface area contributed by atoms with Gasteiger partial charge in [-0.2, -0.15) is 0 Å². The fraction of sp³-hybridized carbons (Fsp3) is 0.462. The number of imidazole rings is 1. The SMILES string of the molecule is CC(C)n1cc(-c2ccnc(NC3CCC(N4CCCC4=O)CC3)n2)n(-c2ccc(F)cc2)c1=O. The smallest absolute Gasteiger partial charge is 0.333 e. The van der Waals surface area contributed by atoms with Crippen molar-refractivity contribution in [2.45, 2.75) is 70.5 Å². The number of benzene rings is 1. The number of halogens is 1. The molecule has 35 heavy (non-hydrogen) atoms. The second kappa shape index (κ2) is 9.64. The summed E-state index contributed by atoms with van der Waals surface area (Å²) in [4.78, 5) is 36.5. The molecule has 2 aromatic heterocycles. The van der Waals surface area contributed by atoms with E-state index in [1.165, 1.54) is 12.1 Å². The molecule has 184 valence electrons. The van der Waals surface area contributed by atoms with Gasteiger partial charge in [0.15, 0.2) is 0 Å². The molecule has 8 nitrogen and oxygen atoms in total. The van der Waals surface area contributed by atoms with Gasteiger partial charge in [-0.3, -0.25) is 13.9 Å². The zero-order chi connectivity index (χ0) is 24.5. The number of likely N-dealkylation sites (tertiary alicyclic amines) is 1. The predicted octanol–water partition coefficient (Wildman–Crippen LogP) is 4.16. The quantitative estimate of drug-likeness (QED) is 0.575. The summed E-state index contributed by atoms with van der Waals surface area (Å²) >= 11 is 0. The first-order valence-electron chi connectivity index (χ1n) is 12.4. The average molecular weight is 479 g/mol. The van der Waals surface area contributed by atoms with E-state index in [1.54, 1.807) is 39.7 Å². The molecule has 1 aliphatic heterocycles. The summed E-state index contributed by atoms with van der Waals surface area (Å²) in [7, 11) is 0. The minimum Gasteiger partial charge on any atom is -0.351 e. The molecule has 0 bridgehead atoms. The van der Waals surface area contributed by atoms with Gasteiger partial charge >= 0.3 is 5.69 Å². The van der Waals surface area contributed by atoms with Crippen LogP contribution in [0.5, 0.6) is 0 Å². The minimum atomic E-state index is -0.357. The maximum absolute atomic E-state index is 13.5. The number of hydrogen-bond acceptors (Lipinski definition) is 5. The van der Waals surface area contributed by atoms with Crippen LogP contribution in [-0.4, -0.2) is 48.5 Å². The van der Waals surface area contributed by atoms with Gasteiger partial charge in [-0.25, -0.2) is 19.2 Å². The number of amides is 1. The predicted molar refractivity (Wildman–Crippen MR) is 132 cm³/mol. The summed E-state index contributed by atoms with van der Waals surface area (Å²) in [5.74, 6) is 0.445. The first kappa shape index (κ1) is 23.3. The molecule has 0 unspecified atom stereocenters. The van der Waals surface area contributed by atoms with Crippen molar-refractivity contribution in [3.8, 4) is 17.1 Å². The molecular formula is C26H31FN6O2. The van der Waals surface area contributed by atoms with E-state index in [0.717, 1.165) is 38.6 Å². The van der Waals surface area contributed by atoms with E-state index < -0.39 is 0 Å². The van der Waals surface area contributed by atoms with Gasteiger partial charge in [-0.15, -0.1) is 0 Å². The molecule has 5 rings (SSSR count). The van der Waals surface area contributed by atoms with Gasteiger partial charge in [-0.05, 0) is 76.3 Å². The fourth-order valence-electron chi connectivity index (χ4n) is 5.19. The molecule has 1 N–H and O–H groups in total. The standard InChI is InChI=1S/C26H31FN6O2/c1-17(2)32-16-23(33(26(32)35)21-9-5-18(27)6-10-21)22-13-14-28-25(30-22)29-19-7-11-20(12-8-19)31-15-3-4-24(31)34/h5-6,9-10,13-14,16-17,19-20H,3-4,7-8,11-12,15H2,1-2H3,(H,28,29,30). The first-order chi connectivity index (χ1) is 16.9. The molecule has 2 aliphatic rings. The largest absolute Gasteiger partial charge is 0.351 e. The van der Waals surface area contributed by atoms with Crippen LogP contribution < -0.4 is 11.0 Å². The fourth-order valence-corrected chi connectivity index (χ4v) is 5.19. The normalized spacial score (nSPS) is 20.6. The third kappa shape index (κ3) is 4.72. The molecule has 0 spiro atoms. The molecule has 0 radical (unpaired) electrons. The Morgan fingerprint density at radius 2 is 1.80 bits per heavy atom. The van der Waals surface area contributed by atoms with Gasteiger partial charge < -0.3 is 10.2 Å². The number of carbonyl (C=O) groups excluding carboxylic acids is 1. The molecule has 1 aromatic carbocycles. The van der Waals surface area contributed by atoms with Crippen molar-refractivity contribution in [3.05, 3.63) is 59.0 Å². The van der Waals surface area contributed by atoms with Gasteiger partial charge in [0.25, 0.3) is 0 Å². The zero-order valence-electron chi connectivity index (χ0n) is 20.2. The molecular weight excluding hydrogens is 447 g/mol. The second-order valence-corrected chi connectivity index (χ2v) is 9.72. The molecule has 1 saturated carbocycles. The summed E-state index contributed by atoms with van der Waals surface area (Å²) in [6.07, 6.45) is 8.98. The Kier molecular flexibility index (Phi) is 6.40. The van der Waals surface area contributed by atoms with Gasteiger partial charge in [0, 0.05) is 43.5 Å². The Bertz CT molecular complexity index is 1260. The van der Waals surface area contributed by atoms with E-state index in [-0.39, 0.29) is 29.5 Å². The molecule has 1 amide bonds. The lowest BCUT2D eigenvalue weighted by molar-refractivity contribution is -0.130. The molecule has 2 fully saturated rings. The van der Waals surface area contributed by atoms with E-state index in [0.29, 0.717) is 35.5 Å². The summed E-state index contributed by atoms with van der Waals surface area (Å²) in [6, 6.07) is 8.19. The summed E-state index contributed by atoms with van der Waals surface area (Å²) in [5, 5.41) is 3.45. The Hall–Kier alpha value is -3.49. The zero-order valence-corrected chi connectivity index (χ0v) is 20.2. The lowest BCUT2D eigenvalue weighted by Gasteiger charge is -2.34. The monoisotopic (exact) mass is 478 g/mol. The highest BCUT2D eigenvalue weighted by Crippen LogP contribution is 2.28. The Labute approximate surface area is 203 Å². The number of rotatable bonds is 6. The van der Waals surface area contributed by atoms with Gasteiger partial charge in [-0.1, -0.05) is 0 Å². The molecule has 9 heteroatoms. The summed E-state index contributed by atoms with van der Waals surface area (Å²) in [5.41, 5.74) is 1.61. The Morgan fingerprint density at radius 1 is 1.06 bits per heavy atom. The van der Waals surface area contributed by atoms with Crippen LogP contribution in [0.25, 0.3) is 17.1 Å². The van der Waals surface area contributed by atoms with Crippen LogP contribution in [0, 0.1) is 5.82 Å². The van der Waals surface area contributed by atoms with Crippen LogP contribution in [0.1, 0.15) is 58.4 Å². The Morgan fingerprint density at radius 3 is 2.46 bits per heavy atom. The molecule has 1 saturated heterocycles. The summed E-state index contributed by atoms with van der Waals surface area (Å²) in [6.45, 7) is 4.77. The number of aromatic nitrogens is 4. The van der Waals surface area contributed by atoms with Crippen LogP contribution >= 0.6 is 0 Å². The first-order valence-corrected chi connectivity index (χ1v) is 12.4. The maximum atomic E-state index is 13.5. The van der Waals surface area contributed by atoms with Crippen LogP contribution in [0.2, 0.25) is 0 Å². The van der Waals surface area contributed by atoms with Gasteiger partial charge in [0.05, 0.1) is 17.1 Å².